The molecule has 0 bridgehead atoms. The first-order chi connectivity index (χ1) is 17.2. The van der Waals surface area contributed by atoms with Crippen molar-refractivity contribution in [3.8, 4) is 0 Å². The Labute approximate surface area is 221 Å². The van der Waals surface area contributed by atoms with E-state index in [0.29, 0.717) is 49.4 Å². The number of carbonyl (C=O) groups excluding carboxylic acids is 2. The highest BCUT2D eigenvalue weighted by atomic mass is 35.5. The molecule has 2 aromatic rings. The smallest absolute Gasteiger partial charge is 0.253 e. The van der Waals surface area contributed by atoms with E-state index < -0.39 is 15.9 Å². The second kappa shape index (κ2) is 11.9. The quantitative estimate of drug-likeness (QED) is 0.512. The predicted octanol–water partition coefficient (Wildman–Crippen LogP) is 4.08. The Morgan fingerprint density at radius 1 is 1.03 bits per heavy atom. The summed E-state index contributed by atoms with van der Waals surface area (Å²) in [4.78, 5) is 25.9. The maximum absolute atomic E-state index is 13.1. The summed E-state index contributed by atoms with van der Waals surface area (Å²) in [7, 11) is -3.75. The Morgan fingerprint density at radius 3 is 2.50 bits per heavy atom. The summed E-state index contributed by atoms with van der Waals surface area (Å²) >= 11 is 12.3. The number of piperidine rings is 1. The molecule has 0 saturated carbocycles. The van der Waals surface area contributed by atoms with Gasteiger partial charge in [0.25, 0.3) is 5.91 Å². The average molecular weight is 554 g/mol. The highest BCUT2D eigenvalue weighted by Gasteiger charge is 2.33. The van der Waals surface area contributed by atoms with Crippen molar-refractivity contribution in [1.82, 2.24) is 9.62 Å². The topological polar surface area (TPSA) is 105 Å². The highest BCUT2D eigenvalue weighted by Crippen LogP contribution is 2.29. The molecule has 11 heteroatoms. The number of hydrogen-bond acceptors (Lipinski definition) is 5. The van der Waals surface area contributed by atoms with Crippen LogP contribution in [0.3, 0.4) is 0 Å². The number of benzene rings is 2. The van der Waals surface area contributed by atoms with Crippen molar-refractivity contribution in [3.05, 3.63) is 63.6 Å². The first-order valence-corrected chi connectivity index (χ1v) is 14.3. The summed E-state index contributed by atoms with van der Waals surface area (Å²) in [5.74, 6) is -1.53. The maximum atomic E-state index is 13.1. The van der Waals surface area contributed by atoms with Gasteiger partial charge in [-0.3, -0.25) is 9.59 Å². The Kier molecular flexibility index (Phi) is 8.90. The molecule has 0 aromatic heterocycles. The standard InChI is InChI=1S/C25H29Cl2N3O5S/c26-21-9-3-10-22(27)20(21)16-36(33,34)30-12-4-6-17(15-30)24(31)29-23-11-2-1-8-19(23)25(32)28-14-18-7-5-13-35-18/h1-3,8-11,17-18H,4-7,12-16H2,(H,28,32)(H,29,31)/t17-,18-/m0/s1. The van der Waals surface area contributed by atoms with Crippen LogP contribution in [-0.2, 0) is 25.3 Å². The van der Waals surface area contributed by atoms with Gasteiger partial charge in [0.1, 0.15) is 0 Å². The highest BCUT2D eigenvalue weighted by molar-refractivity contribution is 7.88. The van der Waals surface area contributed by atoms with Crippen LogP contribution in [0.4, 0.5) is 5.69 Å². The fourth-order valence-corrected chi connectivity index (χ4v) is 6.85. The number of rotatable bonds is 8. The van der Waals surface area contributed by atoms with E-state index in [-0.39, 0.29) is 40.3 Å². The van der Waals surface area contributed by atoms with Gasteiger partial charge in [-0.05, 0) is 49.9 Å². The molecular weight excluding hydrogens is 525 g/mol. The third kappa shape index (κ3) is 6.58. The molecule has 2 aliphatic heterocycles. The lowest BCUT2D eigenvalue weighted by Crippen LogP contribution is -2.44. The molecule has 2 aromatic carbocycles. The molecule has 4 rings (SSSR count). The van der Waals surface area contributed by atoms with Crippen molar-refractivity contribution in [2.45, 2.75) is 37.5 Å². The lowest BCUT2D eigenvalue weighted by atomic mass is 9.98. The zero-order chi connectivity index (χ0) is 25.7. The van der Waals surface area contributed by atoms with Gasteiger partial charge in [0, 0.05) is 41.8 Å². The second-order valence-electron chi connectivity index (χ2n) is 9.03. The SMILES string of the molecule is O=C(NC[C@@H]1CCCO1)c1ccccc1NC(=O)[C@H]1CCCN(S(=O)(=O)Cc2c(Cl)cccc2Cl)C1. The number of para-hydroxylation sites is 1. The van der Waals surface area contributed by atoms with E-state index in [9.17, 15) is 18.0 Å². The minimum Gasteiger partial charge on any atom is -0.376 e. The Hall–Kier alpha value is -2.17. The van der Waals surface area contributed by atoms with Crippen LogP contribution < -0.4 is 10.6 Å². The number of halogens is 2. The van der Waals surface area contributed by atoms with E-state index in [1.165, 1.54) is 4.31 Å². The van der Waals surface area contributed by atoms with E-state index in [0.717, 1.165) is 12.8 Å². The first kappa shape index (κ1) is 26.9. The van der Waals surface area contributed by atoms with Crippen LogP contribution in [0.1, 0.15) is 41.6 Å². The van der Waals surface area contributed by atoms with Crippen molar-refractivity contribution in [2.75, 3.05) is 31.6 Å². The van der Waals surface area contributed by atoms with Crippen LogP contribution in [0.5, 0.6) is 0 Å². The molecule has 2 aliphatic rings. The van der Waals surface area contributed by atoms with Crippen LogP contribution in [0, 0.1) is 5.92 Å². The first-order valence-electron chi connectivity index (χ1n) is 11.9. The van der Waals surface area contributed by atoms with Gasteiger partial charge < -0.3 is 15.4 Å². The van der Waals surface area contributed by atoms with Gasteiger partial charge in [-0.15, -0.1) is 0 Å². The fourth-order valence-electron chi connectivity index (χ4n) is 4.48. The van der Waals surface area contributed by atoms with Gasteiger partial charge in [0.05, 0.1) is 29.0 Å². The fraction of sp³-hybridized carbons (Fsp3) is 0.440. The molecule has 36 heavy (non-hydrogen) atoms. The zero-order valence-corrected chi connectivity index (χ0v) is 22.0. The monoisotopic (exact) mass is 553 g/mol. The van der Waals surface area contributed by atoms with Crippen molar-refractivity contribution in [3.63, 3.8) is 0 Å². The minimum atomic E-state index is -3.75. The summed E-state index contributed by atoms with van der Waals surface area (Å²) in [5.41, 5.74) is 1.07. The van der Waals surface area contributed by atoms with Gasteiger partial charge in [-0.25, -0.2) is 12.7 Å². The van der Waals surface area contributed by atoms with Crippen molar-refractivity contribution >= 4 is 50.7 Å². The Morgan fingerprint density at radius 2 is 1.78 bits per heavy atom. The second-order valence-corrected chi connectivity index (χ2v) is 11.8. The van der Waals surface area contributed by atoms with E-state index in [1.54, 1.807) is 42.5 Å². The van der Waals surface area contributed by atoms with Crippen LogP contribution in [0.15, 0.2) is 42.5 Å². The summed E-state index contributed by atoms with van der Waals surface area (Å²) in [6, 6.07) is 11.6. The summed E-state index contributed by atoms with van der Waals surface area (Å²) in [5, 5.41) is 6.27. The maximum Gasteiger partial charge on any atom is 0.253 e. The van der Waals surface area contributed by atoms with Gasteiger partial charge >= 0.3 is 0 Å². The molecule has 0 spiro atoms. The van der Waals surface area contributed by atoms with Crippen LogP contribution >= 0.6 is 23.2 Å². The Bertz CT molecular complexity index is 1200. The number of nitrogens with zero attached hydrogens (tertiary/aromatic N) is 1. The van der Waals surface area contributed by atoms with E-state index >= 15 is 0 Å². The summed E-state index contributed by atoms with van der Waals surface area (Å²) < 4.78 is 33.1. The largest absolute Gasteiger partial charge is 0.376 e. The molecular formula is C25H29Cl2N3O5S. The lowest BCUT2D eigenvalue weighted by Gasteiger charge is -2.31. The lowest BCUT2D eigenvalue weighted by molar-refractivity contribution is -0.120. The molecule has 2 N–H and O–H groups in total. The number of carbonyl (C=O) groups is 2. The summed E-state index contributed by atoms with van der Waals surface area (Å²) in [6.07, 6.45) is 2.97. The van der Waals surface area contributed by atoms with Crippen molar-refractivity contribution < 1.29 is 22.7 Å². The number of amides is 2. The van der Waals surface area contributed by atoms with Crippen LogP contribution in [0.25, 0.3) is 0 Å². The van der Waals surface area contributed by atoms with E-state index in [2.05, 4.69) is 10.6 Å². The number of ether oxygens (including phenoxy) is 1. The molecule has 2 saturated heterocycles. The molecule has 2 heterocycles. The van der Waals surface area contributed by atoms with Gasteiger partial charge in [-0.2, -0.15) is 0 Å². The number of sulfonamides is 1. The van der Waals surface area contributed by atoms with Crippen LogP contribution in [-0.4, -0.2) is 56.9 Å². The number of nitrogens with one attached hydrogen (secondary N) is 2. The Balaban J connectivity index is 1.40. The number of hydrogen-bond donors (Lipinski definition) is 2. The van der Waals surface area contributed by atoms with E-state index in [1.807, 2.05) is 0 Å². The molecule has 8 nitrogen and oxygen atoms in total. The van der Waals surface area contributed by atoms with Crippen molar-refractivity contribution in [2.24, 2.45) is 5.92 Å². The normalized spacial score (nSPS) is 20.7. The molecule has 2 fully saturated rings. The zero-order valence-electron chi connectivity index (χ0n) is 19.7. The molecule has 0 radical (unpaired) electrons. The summed E-state index contributed by atoms with van der Waals surface area (Å²) in [6.45, 7) is 1.47. The minimum absolute atomic E-state index is 0.00604. The molecule has 0 aliphatic carbocycles. The van der Waals surface area contributed by atoms with Gasteiger partial charge in [-0.1, -0.05) is 41.4 Å². The van der Waals surface area contributed by atoms with E-state index in [4.69, 9.17) is 27.9 Å². The third-order valence-corrected chi connectivity index (χ3v) is 8.96. The van der Waals surface area contributed by atoms with Crippen molar-refractivity contribution in [1.29, 1.82) is 0 Å². The van der Waals surface area contributed by atoms with Gasteiger partial charge in [0.15, 0.2) is 0 Å². The average Bonchev–Trinajstić information content (AvgIpc) is 3.39. The van der Waals surface area contributed by atoms with Gasteiger partial charge in [0.2, 0.25) is 15.9 Å². The molecule has 194 valence electrons. The third-order valence-electron chi connectivity index (χ3n) is 6.48. The predicted molar refractivity (Wildman–Crippen MR) is 140 cm³/mol. The molecule has 0 unspecified atom stereocenters. The van der Waals surface area contributed by atoms with Crippen LogP contribution in [0.2, 0.25) is 10.0 Å². The number of anilines is 1. The molecule has 2 amide bonds. The molecule has 2 atom stereocenters.